The summed E-state index contributed by atoms with van der Waals surface area (Å²) in [5, 5.41) is 15.5. The lowest BCUT2D eigenvalue weighted by Crippen LogP contribution is -2.23. The molecule has 2 heterocycles. The first-order chi connectivity index (χ1) is 13.9. The molecule has 1 atom stereocenters. The van der Waals surface area contributed by atoms with E-state index in [4.69, 9.17) is 4.74 Å². The summed E-state index contributed by atoms with van der Waals surface area (Å²) in [5.74, 6) is 0. The molecule has 1 N–H and O–H groups in total. The Balaban J connectivity index is 1.68. The minimum atomic E-state index is -0.416. The number of carbonyl (C=O) groups excluding carboxylic acids is 1. The first kappa shape index (κ1) is 18.7. The lowest BCUT2D eigenvalue weighted by Gasteiger charge is -2.20. The van der Waals surface area contributed by atoms with Crippen molar-refractivity contribution in [3.63, 3.8) is 0 Å². The molecule has 8 nitrogen and oxygen atoms in total. The number of carbonyl (C=O) groups is 1. The van der Waals surface area contributed by atoms with Gasteiger partial charge in [-0.3, -0.25) is 15.0 Å². The Kier molecular flexibility index (Phi) is 4.75. The van der Waals surface area contributed by atoms with E-state index in [1.54, 1.807) is 11.0 Å². The Morgan fingerprint density at radius 3 is 2.76 bits per heavy atom. The molecule has 0 aliphatic carbocycles. The molecule has 0 saturated carbocycles. The summed E-state index contributed by atoms with van der Waals surface area (Å²) in [7, 11) is 0. The number of fused-ring (bicyclic) bond motifs is 1. The number of non-ortho nitro benzene ring substituents is 1. The molecule has 1 aliphatic heterocycles. The van der Waals surface area contributed by atoms with Crippen LogP contribution in [-0.2, 0) is 4.74 Å². The minimum Gasteiger partial charge on any atom is -0.447 e. The van der Waals surface area contributed by atoms with Crippen LogP contribution in [0.2, 0.25) is 0 Å². The first-order valence-electron chi connectivity index (χ1n) is 9.29. The predicted molar refractivity (Wildman–Crippen MR) is 110 cm³/mol. The van der Waals surface area contributed by atoms with Crippen LogP contribution in [0.1, 0.15) is 24.2 Å². The molecule has 29 heavy (non-hydrogen) atoms. The van der Waals surface area contributed by atoms with Crippen molar-refractivity contribution in [2.75, 3.05) is 23.4 Å². The van der Waals surface area contributed by atoms with Crippen LogP contribution in [0.4, 0.5) is 21.9 Å². The summed E-state index contributed by atoms with van der Waals surface area (Å²) in [6.07, 6.45) is -0.342. The first-order valence-corrected chi connectivity index (χ1v) is 9.29. The number of aromatic nitrogens is 1. The summed E-state index contributed by atoms with van der Waals surface area (Å²) < 4.78 is 5.02. The van der Waals surface area contributed by atoms with Gasteiger partial charge in [-0.15, -0.1) is 0 Å². The second-order valence-corrected chi connectivity index (χ2v) is 6.97. The number of para-hydroxylation sites is 1. The van der Waals surface area contributed by atoms with E-state index in [9.17, 15) is 14.9 Å². The molecule has 1 aliphatic rings. The molecule has 0 bridgehead atoms. The largest absolute Gasteiger partial charge is 0.447 e. The van der Waals surface area contributed by atoms with Crippen molar-refractivity contribution in [3.8, 4) is 0 Å². The van der Waals surface area contributed by atoms with Gasteiger partial charge in [-0.2, -0.15) is 0 Å². The number of hydrogen-bond acceptors (Lipinski definition) is 6. The maximum absolute atomic E-state index is 11.8. The molecule has 1 saturated heterocycles. The molecule has 4 rings (SSSR count). The van der Waals surface area contributed by atoms with Crippen LogP contribution in [-0.4, -0.2) is 29.2 Å². The van der Waals surface area contributed by atoms with E-state index in [0.717, 1.165) is 16.9 Å². The quantitative estimate of drug-likeness (QED) is 0.504. The van der Waals surface area contributed by atoms with Crippen LogP contribution in [0, 0.1) is 17.0 Å². The summed E-state index contributed by atoms with van der Waals surface area (Å²) in [6.45, 7) is 4.73. The van der Waals surface area contributed by atoms with E-state index in [0.29, 0.717) is 29.7 Å². The van der Waals surface area contributed by atoms with Crippen LogP contribution in [0.15, 0.2) is 48.5 Å². The fourth-order valence-electron chi connectivity index (χ4n) is 3.53. The SMILES string of the molecule is Cc1cc(NC(C)c2cccc(N3CCOC3=O)c2)c2cccc([N+](=O)[O-])c2n1. The molecule has 1 aromatic heterocycles. The number of nitro groups is 1. The van der Waals surface area contributed by atoms with Crippen molar-refractivity contribution in [3.05, 3.63) is 69.9 Å². The molecule has 2 aromatic carbocycles. The highest BCUT2D eigenvalue weighted by Crippen LogP contribution is 2.32. The Bertz CT molecular complexity index is 1120. The highest BCUT2D eigenvalue weighted by molar-refractivity contribution is 5.97. The third-order valence-electron chi connectivity index (χ3n) is 4.96. The zero-order valence-electron chi connectivity index (χ0n) is 16.1. The fraction of sp³-hybridized carbons (Fsp3) is 0.238. The number of ether oxygens (including phenoxy) is 1. The molecule has 8 heteroatoms. The molecule has 3 aromatic rings. The van der Waals surface area contributed by atoms with Gasteiger partial charge in [0.2, 0.25) is 0 Å². The number of aryl methyl sites for hydroxylation is 1. The number of nitrogens with one attached hydrogen (secondary N) is 1. The minimum absolute atomic E-state index is 0.0172. The molecule has 0 radical (unpaired) electrons. The van der Waals surface area contributed by atoms with Gasteiger partial charge in [-0.25, -0.2) is 9.78 Å². The van der Waals surface area contributed by atoms with Crippen LogP contribution in [0.5, 0.6) is 0 Å². The summed E-state index contributed by atoms with van der Waals surface area (Å²) in [4.78, 5) is 28.8. The zero-order valence-corrected chi connectivity index (χ0v) is 16.1. The van der Waals surface area contributed by atoms with E-state index < -0.39 is 4.92 Å². The van der Waals surface area contributed by atoms with Crippen LogP contribution in [0.25, 0.3) is 10.9 Å². The second kappa shape index (κ2) is 7.38. The Morgan fingerprint density at radius 2 is 2.03 bits per heavy atom. The monoisotopic (exact) mass is 392 g/mol. The maximum atomic E-state index is 11.8. The number of nitrogens with zero attached hydrogens (tertiary/aromatic N) is 3. The lowest BCUT2D eigenvalue weighted by atomic mass is 10.1. The molecule has 1 fully saturated rings. The normalized spacial score (nSPS) is 14.7. The number of benzene rings is 2. The topological polar surface area (TPSA) is 97.6 Å². The second-order valence-electron chi connectivity index (χ2n) is 6.97. The highest BCUT2D eigenvalue weighted by atomic mass is 16.6. The van der Waals surface area contributed by atoms with Gasteiger partial charge in [0, 0.05) is 34.6 Å². The van der Waals surface area contributed by atoms with Gasteiger partial charge in [-0.05, 0) is 37.6 Å². The van der Waals surface area contributed by atoms with Crippen LogP contribution >= 0.6 is 0 Å². The molecule has 1 amide bonds. The van der Waals surface area contributed by atoms with E-state index >= 15 is 0 Å². The van der Waals surface area contributed by atoms with Crippen molar-refractivity contribution in [2.45, 2.75) is 19.9 Å². The van der Waals surface area contributed by atoms with Gasteiger partial charge in [0.1, 0.15) is 6.61 Å². The van der Waals surface area contributed by atoms with E-state index in [1.165, 1.54) is 6.07 Å². The standard InChI is InChI=1S/C21H20N4O4/c1-13-11-18(17-7-4-8-19(25(27)28)20(17)22-13)23-14(2)15-5-3-6-16(12-15)24-9-10-29-21(24)26/h3-8,11-12,14H,9-10H2,1-2H3,(H,22,23). The smallest absolute Gasteiger partial charge is 0.414 e. The average molecular weight is 392 g/mol. The third kappa shape index (κ3) is 3.56. The fourth-order valence-corrected chi connectivity index (χ4v) is 3.53. The van der Waals surface area contributed by atoms with Gasteiger partial charge in [0.05, 0.1) is 11.5 Å². The van der Waals surface area contributed by atoms with Crippen molar-refractivity contribution in [1.82, 2.24) is 4.98 Å². The number of pyridine rings is 1. The average Bonchev–Trinajstić information content (AvgIpc) is 3.13. The van der Waals surface area contributed by atoms with Gasteiger partial charge in [0.15, 0.2) is 5.52 Å². The Labute approximate surface area is 167 Å². The van der Waals surface area contributed by atoms with E-state index in [-0.39, 0.29) is 17.8 Å². The van der Waals surface area contributed by atoms with Crippen LogP contribution < -0.4 is 10.2 Å². The zero-order chi connectivity index (χ0) is 20.5. The summed E-state index contributed by atoms with van der Waals surface area (Å²) >= 11 is 0. The summed E-state index contributed by atoms with van der Waals surface area (Å²) in [6, 6.07) is 14.4. The highest BCUT2D eigenvalue weighted by Gasteiger charge is 2.24. The molecule has 1 unspecified atom stereocenters. The third-order valence-corrected chi connectivity index (χ3v) is 4.96. The number of rotatable bonds is 5. The van der Waals surface area contributed by atoms with Crippen molar-refractivity contribution in [2.24, 2.45) is 0 Å². The van der Waals surface area contributed by atoms with Crippen molar-refractivity contribution < 1.29 is 14.5 Å². The molecular formula is C21H20N4O4. The maximum Gasteiger partial charge on any atom is 0.414 e. The van der Waals surface area contributed by atoms with Gasteiger partial charge >= 0.3 is 6.09 Å². The Hall–Kier alpha value is -3.68. The number of cyclic esters (lactones) is 1. The van der Waals surface area contributed by atoms with Gasteiger partial charge in [0.25, 0.3) is 5.69 Å². The Morgan fingerprint density at radius 1 is 1.24 bits per heavy atom. The number of nitro benzene ring substituents is 1. The number of hydrogen-bond donors (Lipinski definition) is 1. The predicted octanol–water partition coefficient (Wildman–Crippen LogP) is 4.58. The van der Waals surface area contributed by atoms with E-state index in [1.807, 2.05) is 50.2 Å². The molecule has 0 spiro atoms. The van der Waals surface area contributed by atoms with Crippen molar-refractivity contribution in [1.29, 1.82) is 0 Å². The van der Waals surface area contributed by atoms with E-state index in [2.05, 4.69) is 10.3 Å². The van der Waals surface area contributed by atoms with Crippen LogP contribution in [0.3, 0.4) is 0 Å². The lowest BCUT2D eigenvalue weighted by molar-refractivity contribution is -0.383. The number of amides is 1. The van der Waals surface area contributed by atoms with Gasteiger partial charge in [-0.1, -0.05) is 24.3 Å². The summed E-state index contributed by atoms with van der Waals surface area (Å²) in [5.41, 5.74) is 3.57. The molecular weight excluding hydrogens is 372 g/mol. The molecule has 148 valence electrons. The van der Waals surface area contributed by atoms with Crippen molar-refractivity contribution >= 4 is 34.1 Å². The van der Waals surface area contributed by atoms with Gasteiger partial charge < -0.3 is 10.1 Å². The number of anilines is 2.